The Balaban J connectivity index is 1.29. The molecule has 2 bridgehead atoms. The van der Waals surface area contributed by atoms with Gasteiger partial charge in [0, 0.05) is 18.7 Å². The Labute approximate surface area is 136 Å². The Morgan fingerprint density at radius 3 is 2.57 bits per heavy atom. The molecule has 5 rings (SSSR count). The number of benzene rings is 1. The highest BCUT2D eigenvalue weighted by atomic mass is 16.2. The molecule has 23 heavy (non-hydrogen) atoms. The van der Waals surface area contributed by atoms with E-state index in [-0.39, 0.29) is 17.9 Å². The van der Waals surface area contributed by atoms with E-state index in [0.29, 0.717) is 6.42 Å². The van der Waals surface area contributed by atoms with Crippen LogP contribution in [0.3, 0.4) is 0 Å². The molecule has 2 aliphatic heterocycles. The quantitative estimate of drug-likeness (QED) is 0.911. The summed E-state index contributed by atoms with van der Waals surface area (Å²) in [6.45, 7) is 1.90. The van der Waals surface area contributed by atoms with Gasteiger partial charge >= 0.3 is 0 Å². The summed E-state index contributed by atoms with van der Waals surface area (Å²) in [5, 5.41) is 2.97. The molecule has 2 amide bonds. The monoisotopic (exact) mass is 310 g/mol. The summed E-state index contributed by atoms with van der Waals surface area (Å²) in [5.41, 5.74) is 1.70. The maximum Gasteiger partial charge on any atom is 0.252 e. The maximum absolute atomic E-state index is 12.8. The smallest absolute Gasteiger partial charge is 0.252 e. The van der Waals surface area contributed by atoms with Gasteiger partial charge in [-0.2, -0.15) is 0 Å². The van der Waals surface area contributed by atoms with E-state index in [2.05, 4.69) is 10.2 Å². The number of carbonyl (C=O) groups excluding carboxylic acids is 2. The zero-order valence-corrected chi connectivity index (χ0v) is 13.2. The molecule has 4 heteroatoms. The third-order valence-electron chi connectivity index (χ3n) is 6.75. The molecule has 1 aromatic rings. The van der Waals surface area contributed by atoms with Gasteiger partial charge in [0.2, 0.25) is 5.91 Å². The van der Waals surface area contributed by atoms with E-state index in [4.69, 9.17) is 0 Å². The van der Waals surface area contributed by atoms with Crippen molar-refractivity contribution >= 4 is 11.8 Å². The summed E-state index contributed by atoms with van der Waals surface area (Å²) < 4.78 is 0. The van der Waals surface area contributed by atoms with Crippen molar-refractivity contribution in [2.45, 2.75) is 31.7 Å². The highest BCUT2D eigenvalue weighted by Crippen LogP contribution is 2.55. The van der Waals surface area contributed by atoms with Crippen LogP contribution < -0.4 is 5.32 Å². The van der Waals surface area contributed by atoms with E-state index < -0.39 is 0 Å². The summed E-state index contributed by atoms with van der Waals surface area (Å²) in [7, 11) is 0. The van der Waals surface area contributed by atoms with Crippen LogP contribution in [0.15, 0.2) is 24.3 Å². The summed E-state index contributed by atoms with van der Waals surface area (Å²) >= 11 is 0. The van der Waals surface area contributed by atoms with Crippen LogP contribution in [-0.2, 0) is 4.79 Å². The molecule has 5 atom stereocenters. The van der Waals surface area contributed by atoms with Crippen LogP contribution >= 0.6 is 0 Å². The molecule has 1 aromatic carbocycles. The van der Waals surface area contributed by atoms with Crippen LogP contribution in [-0.4, -0.2) is 29.8 Å². The van der Waals surface area contributed by atoms with E-state index in [0.717, 1.165) is 47.9 Å². The molecule has 0 spiro atoms. The van der Waals surface area contributed by atoms with Crippen molar-refractivity contribution in [3.63, 3.8) is 0 Å². The molecule has 2 aliphatic carbocycles. The molecule has 2 saturated carbocycles. The third kappa shape index (κ3) is 1.97. The van der Waals surface area contributed by atoms with Gasteiger partial charge in [-0.15, -0.1) is 0 Å². The first-order valence-electron chi connectivity index (χ1n) is 8.88. The molecule has 120 valence electrons. The van der Waals surface area contributed by atoms with Crippen molar-refractivity contribution < 1.29 is 9.59 Å². The van der Waals surface area contributed by atoms with E-state index in [1.807, 2.05) is 24.3 Å². The SMILES string of the molecule is O=C1N[C@H](CC(=O)N2C[C@@H]3[C@@H]4CC[C@@H](C4)[C@@H]3C2)c2ccccc21. The predicted octanol–water partition coefficient (Wildman–Crippen LogP) is 2.37. The van der Waals surface area contributed by atoms with E-state index in [1.165, 1.54) is 19.3 Å². The van der Waals surface area contributed by atoms with Gasteiger partial charge in [0.05, 0.1) is 12.5 Å². The van der Waals surface area contributed by atoms with Gasteiger partial charge in [-0.25, -0.2) is 0 Å². The van der Waals surface area contributed by atoms with Crippen LogP contribution in [0.2, 0.25) is 0 Å². The van der Waals surface area contributed by atoms with Crippen LogP contribution in [0, 0.1) is 23.7 Å². The fraction of sp³-hybridized carbons (Fsp3) is 0.579. The second-order valence-electron chi connectivity index (χ2n) is 7.78. The predicted molar refractivity (Wildman–Crippen MR) is 85.7 cm³/mol. The molecule has 0 unspecified atom stereocenters. The highest BCUT2D eigenvalue weighted by Gasteiger charge is 2.52. The lowest BCUT2D eigenvalue weighted by Crippen LogP contribution is -2.33. The number of likely N-dealkylation sites (tertiary alicyclic amines) is 1. The number of rotatable bonds is 2. The van der Waals surface area contributed by atoms with Gasteiger partial charge in [-0.1, -0.05) is 18.2 Å². The second-order valence-corrected chi connectivity index (χ2v) is 7.78. The molecule has 1 N–H and O–H groups in total. The fourth-order valence-electron chi connectivity index (χ4n) is 5.67. The van der Waals surface area contributed by atoms with Gasteiger partial charge < -0.3 is 10.2 Å². The Hall–Kier alpha value is -1.84. The third-order valence-corrected chi connectivity index (χ3v) is 6.75. The summed E-state index contributed by atoms with van der Waals surface area (Å²) in [4.78, 5) is 26.8. The van der Waals surface area contributed by atoms with E-state index >= 15 is 0 Å². The first-order chi connectivity index (χ1) is 11.2. The first kappa shape index (κ1) is 13.6. The standard InChI is InChI=1S/C19H22N2O2/c22-18(8-17-13-3-1-2-4-14(13)19(23)20-17)21-9-15-11-5-6-12(7-11)16(15)10-21/h1-4,11-12,15-17H,5-10H2,(H,20,23)/t11-,12+,15-,16+,17-/m1/s1. The lowest BCUT2D eigenvalue weighted by molar-refractivity contribution is -0.131. The molecule has 4 nitrogen and oxygen atoms in total. The molecular formula is C19H22N2O2. The zero-order chi connectivity index (χ0) is 15.6. The topological polar surface area (TPSA) is 49.4 Å². The Bertz CT molecular complexity index is 668. The Morgan fingerprint density at radius 2 is 1.83 bits per heavy atom. The van der Waals surface area contributed by atoms with Crippen molar-refractivity contribution in [1.82, 2.24) is 10.2 Å². The minimum Gasteiger partial charge on any atom is -0.345 e. The van der Waals surface area contributed by atoms with Crippen molar-refractivity contribution in [2.24, 2.45) is 23.7 Å². The number of hydrogen-bond donors (Lipinski definition) is 1. The summed E-state index contributed by atoms with van der Waals surface area (Å²) in [6, 6.07) is 7.47. The fourth-order valence-corrected chi connectivity index (χ4v) is 5.67. The van der Waals surface area contributed by atoms with Gasteiger partial charge in [0.1, 0.15) is 0 Å². The molecule has 1 saturated heterocycles. The minimum atomic E-state index is -0.150. The molecule has 2 heterocycles. The lowest BCUT2D eigenvalue weighted by atomic mass is 9.82. The van der Waals surface area contributed by atoms with Crippen molar-refractivity contribution in [3.05, 3.63) is 35.4 Å². The Morgan fingerprint density at radius 1 is 1.13 bits per heavy atom. The number of nitrogens with zero attached hydrogens (tertiary/aromatic N) is 1. The largest absolute Gasteiger partial charge is 0.345 e. The lowest BCUT2D eigenvalue weighted by Gasteiger charge is -2.22. The van der Waals surface area contributed by atoms with Gasteiger partial charge in [0.25, 0.3) is 5.91 Å². The number of fused-ring (bicyclic) bond motifs is 6. The number of carbonyl (C=O) groups is 2. The molecule has 0 radical (unpaired) electrons. The number of amides is 2. The van der Waals surface area contributed by atoms with Crippen molar-refractivity contribution in [3.8, 4) is 0 Å². The van der Waals surface area contributed by atoms with Crippen molar-refractivity contribution in [2.75, 3.05) is 13.1 Å². The van der Waals surface area contributed by atoms with Crippen LogP contribution in [0.1, 0.15) is 47.6 Å². The average Bonchev–Trinajstić information content (AvgIpc) is 3.29. The van der Waals surface area contributed by atoms with Crippen LogP contribution in [0.5, 0.6) is 0 Å². The number of hydrogen-bond acceptors (Lipinski definition) is 2. The van der Waals surface area contributed by atoms with Gasteiger partial charge in [-0.05, 0) is 54.6 Å². The highest BCUT2D eigenvalue weighted by molar-refractivity contribution is 5.99. The van der Waals surface area contributed by atoms with Gasteiger partial charge in [0.15, 0.2) is 0 Å². The van der Waals surface area contributed by atoms with Crippen LogP contribution in [0.4, 0.5) is 0 Å². The minimum absolute atomic E-state index is 0.0465. The second kappa shape index (κ2) is 4.83. The molecule has 0 aromatic heterocycles. The molecule has 4 aliphatic rings. The van der Waals surface area contributed by atoms with Crippen LogP contribution in [0.25, 0.3) is 0 Å². The molecule has 3 fully saturated rings. The molecular weight excluding hydrogens is 288 g/mol. The van der Waals surface area contributed by atoms with E-state index in [1.54, 1.807) is 0 Å². The van der Waals surface area contributed by atoms with Crippen molar-refractivity contribution in [1.29, 1.82) is 0 Å². The van der Waals surface area contributed by atoms with Gasteiger partial charge in [-0.3, -0.25) is 9.59 Å². The average molecular weight is 310 g/mol. The zero-order valence-electron chi connectivity index (χ0n) is 13.2. The summed E-state index contributed by atoms with van der Waals surface area (Å²) in [5.74, 6) is 3.41. The maximum atomic E-state index is 12.8. The number of nitrogens with one attached hydrogen (secondary N) is 1. The first-order valence-corrected chi connectivity index (χ1v) is 8.88. The summed E-state index contributed by atoms with van der Waals surface area (Å²) in [6.07, 6.45) is 4.56. The normalized spacial score (nSPS) is 37.0. The van der Waals surface area contributed by atoms with E-state index in [9.17, 15) is 9.59 Å². The Kier molecular flexibility index (Phi) is 2.85.